The van der Waals surface area contributed by atoms with E-state index in [0.717, 1.165) is 29.5 Å². The van der Waals surface area contributed by atoms with Gasteiger partial charge in [0, 0.05) is 5.56 Å². The summed E-state index contributed by atoms with van der Waals surface area (Å²) in [5, 5.41) is 19.2. The van der Waals surface area contributed by atoms with Crippen molar-refractivity contribution in [1.29, 1.82) is 5.26 Å². The lowest BCUT2D eigenvalue weighted by molar-refractivity contribution is 0.104. The van der Waals surface area contributed by atoms with Gasteiger partial charge in [-0.25, -0.2) is 0 Å². The van der Waals surface area contributed by atoms with Gasteiger partial charge in [0.05, 0.1) is 0 Å². The van der Waals surface area contributed by atoms with E-state index in [2.05, 4.69) is 6.92 Å². The maximum atomic E-state index is 12.5. The molecule has 0 aliphatic rings. The Kier molecular flexibility index (Phi) is 5.55. The minimum absolute atomic E-state index is 0.0859. The third-order valence-electron chi connectivity index (χ3n) is 3.94. The molecule has 0 aliphatic heterocycles. The van der Waals surface area contributed by atoms with Gasteiger partial charge in [-0.2, -0.15) is 5.26 Å². The number of rotatable bonds is 5. The minimum Gasteiger partial charge on any atom is -0.507 e. The molecule has 0 heterocycles. The van der Waals surface area contributed by atoms with Crippen molar-refractivity contribution in [2.75, 3.05) is 0 Å². The molecule has 0 bridgehead atoms. The number of nitrogens with zero attached hydrogens (tertiary/aromatic N) is 1. The molecule has 0 saturated heterocycles. The molecule has 24 heavy (non-hydrogen) atoms. The molecule has 3 nitrogen and oxygen atoms in total. The number of carbonyl (C=O) groups is 1. The van der Waals surface area contributed by atoms with Gasteiger partial charge in [0.15, 0.2) is 0 Å². The maximum Gasteiger partial charge on any atom is 0.203 e. The van der Waals surface area contributed by atoms with Gasteiger partial charge in [0.2, 0.25) is 5.78 Å². The second-order valence-electron chi connectivity index (χ2n) is 5.95. The van der Waals surface area contributed by atoms with Gasteiger partial charge < -0.3 is 5.11 Å². The quantitative estimate of drug-likeness (QED) is 0.491. The van der Waals surface area contributed by atoms with Gasteiger partial charge in [-0.05, 0) is 60.7 Å². The number of benzene rings is 2. The summed E-state index contributed by atoms with van der Waals surface area (Å²) >= 11 is 0. The average Bonchev–Trinajstić information content (AvgIpc) is 2.58. The largest absolute Gasteiger partial charge is 0.507 e. The van der Waals surface area contributed by atoms with Crippen LogP contribution >= 0.6 is 0 Å². The molecule has 0 fully saturated rings. The summed E-state index contributed by atoms with van der Waals surface area (Å²) in [5.74, 6) is -0.0487. The zero-order valence-electron chi connectivity index (χ0n) is 14.3. The first kappa shape index (κ1) is 17.5. The monoisotopic (exact) mass is 319 g/mol. The average molecular weight is 319 g/mol. The number of allylic oxidation sites excluding steroid dienone is 1. The number of aromatic hydroxyl groups is 1. The molecule has 122 valence electrons. The van der Waals surface area contributed by atoms with E-state index in [-0.39, 0.29) is 17.1 Å². The second-order valence-corrected chi connectivity index (χ2v) is 5.95. The molecule has 2 rings (SSSR count). The first-order chi connectivity index (χ1) is 11.5. The molecule has 0 spiro atoms. The zero-order valence-corrected chi connectivity index (χ0v) is 14.3. The molecule has 2 aromatic carbocycles. The molecule has 3 heteroatoms. The molecule has 0 amide bonds. The third kappa shape index (κ3) is 3.91. The predicted octanol–water partition coefficient (Wildman–Crippen LogP) is 4.75. The van der Waals surface area contributed by atoms with Crippen molar-refractivity contribution in [2.45, 2.75) is 33.6 Å². The van der Waals surface area contributed by atoms with Crippen LogP contribution in [0.25, 0.3) is 6.08 Å². The molecule has 0 aromatic heterocycles. The Bertz CT molecular complexity index is 801. The zero-order chi connectivity index (χ0) is 17.7. The topological polar surface area (TPSA) is 61.1 Å². The van der Waals surface area contributed by atoms with Crippen LogP contribution in [0.15, 0.2) is 42.0 Å². The Labute approximate surface area is 142 Å². The second kappa shape index (κ2) is 7.61. The summed E-state index contributed by atoms with van der Waals surface area (Å²) in [6.45, 7) is 5.69. The third-order valence-corrected chi connectivity index (χ3v) is 3.94. The van der Waals surface area contributed by atoms with Crippen LogP contribution in [0.4, 0.5) is 0 Å². The molecule has 0 atom stereocenters. The van der Waals surface area contributed by atoms with Crippen molar-refractivity contribution in [1.82, 2.24) is 0 Å². The number of phenols is 1. The van der Waals surface area contributed by atoms with Crippen molar-refractivity contribution in [3.05, 3.63) is 69.8 Å². The van der Waals surface area contributed by atoms with E-state index < -0.39 is 0 Å². The lowest BCUT2D eigenvalue weighted by Gasteiger charge is -2.06. The molecule has 1 N–H and O–H groups in total. The number of aryl methyl sites for hydroxylation is 3. The van der Waals surface area contributed by atoms with Crippen LogP contribution in [0.2, 0.25) is 0 Å². The van der Waals surface area contributed by atoms with Crippen LogP contribution in [0, 0.1) is 25.2 Å². The van der Waals surface area contributed by atoms with E-state index in [1.165, 1.54) is 5.56 Å². The Hall–Kier alpha value is -2.86. The maximum absolute atomic E-state index is 12.5. The predicted molar refractivity (Wildman–Crippen MR) is 95.9 cm³/mol. The Balaban J connectivity index is 2.33. The highest BCUT2D eigenvalue weighted by Gasteiger charge is 2.13. The van der Waals surface area contributed by atoms with Gasteiger partial charge in [0.1, 0.15) is 17.4 Å². The molecule has 0 radical (unpaired) electrons. The van der Waals surface area contributed by atoms with E-state index >= 15 is 0 Å². The molecule has 0 aliphatic carbocycles. The van der Waals surface area contributed by atoms with E-state index in [1.807, 2.05) is 18.2 Å². The van der Waals surface area contributed by atoms with Crippen molar-refractivity contribution in [3.8, 4) is 11.8 Å². The van der Waals surface area contributed by atoms with Crippen molar-refractivity contribution >= 4 is 11.9 Å². The summed E-state index contributed by atoms with van der Waals surface area (Å²) in [6.07, 6.45) is 3.60. The van der Waals surface area contributed by atoms with E-state index in [9.17, 15) is 15.2 Å². The number of nitriles is 1. The van der Waals surface area contributed by atoms with E-state index in [0.29, 0.717) is 5.56 Å². The highest BCUT2D eigenvalue weighted by atomic mass is 16.3. The molecular formula is C21H21NO2. The van der Waals surface area contributed by atoms with Crippen LogP contribution in [-0.4, -0.2) is 10.9 Å². The fourth-order valence-corrected chi connectivity index (χ4v) is 2.65. The highest BCUT2D eigenvalue weighted by molar-refractivity contribution is 6.14. The van der Waals surface area contributed by atoms with Gasteiger partial charge in [-0.15, -0.1) is 0 Å². The standard InChI is InChI=1S/C21H21NO2/c1-4-5-16-6-8-18(9-7-16)21(24)19(13-22)12-17-10-14(2)20(23)15(3)11-17/h6-12,23H,4-5H2,1-3H3/b19-12+. The molecule has 0 saturated carbocycles. The van der Waals surface area contributed by atoms with Crippen molar-refractivity contribution in [3.63, 3.8) is 0 Å². The lowest BCUT2D eigenvalue weighted by atomic mass is 9.98. The van der Waals surface area contributed by atoms with Crippen LogP contribution in [0.5, 0.6) is 5.75 Å². The molecule has 2 aromatic rings. The Morgan fingerprint density at radius 3 is 2.25 bits per heavy atom. The SMILES string of the molecule is CCCc1ccc(C(=O)/C(C#N)=C/c2cc(C)c(O)c(C)c2)cc1. The number of ketones is 1. The van der Waals surface area contributed by atoms with Crippen LogP contribution < -0.4 is 0 Å². The Morgan fingerprint density at radius 2 is 1.75 bits per heavy atom. The highest BCUT2D eigenvalue weighted by Crippen LogP contribution is 2.24. The van der Waals surface area contributed by atoms with Crippen LogP contribution in [-0.2, 0) is 6.42 Å². The number of hydrogen-bond donors (Lipinski definition) is 1. The summed E-state index contributed by atoms with van der Waals surface area (Å²) in [7, 11) is 0. The van der Waals surface area contributed by atoms with Crippen molar-refractivity contribution < 1.29 is 9.90 Å². The van der Waals surface area contributed by atoms with Crippen molar-refractivity contribution in [2.24, 2.45) is 0 Å². The smallest absolute Gasteiger partial charge is 0.203 e. The fraction of sp³-hybridized carbons (Fsp3) is 0.238. The summed E-state index contributed by atoms with van der Waals surface area (Å²) in [5.41, 5.74) is 3.94. The van der Waals surface area contributed by atoms with Crippen LogP contribution in [0.1, 0.15) is 46.0 Å². The first-order valence-corrected chi connectivity index (χ1v) is 8.02. The molecule has 0 unspecified atom stereocenters. The van der Waals surface area contributed by atoms with E-state index in [4.69, 9.17) is 0 Å². The van der Waals surface area contributed by atoms with Gasteiger partial charge in [0.25, 0.3) is 0 Å². The Morgan fingerprint density at radius 1 is 1.17 bits per heavy atom. The number of hydrogen-bond acceptors (Lipinski definition) is 3. The minimum atomic E-state index is -0.288. The number of Topliss-reactive ketones (excluding diaryl/α,β-unsaturated/α-hetero) is 1. The summed E-state index contributed by atoms with van der Waals surface area (Å²) in [6, 6.07) is 12.9. The van der Waals surface area contributed by atoms with Gasteiger partial charge >= 0.3 is 0 Å². The number of phenolic OH excluding ortho intramolecular Hbond substituents is 1. The normalized spacial score (nSPS) is 11.2. The fourth-order valence-electron chi connectivity index (χ4n) is 2.65. The summed E-state index contributed by atoms with van der Waals surface area (Å²) < 4.78 is 0. The summed E-state index contributed by atoms with van der Waals surface area (Å²) in [4.78, 5) is 12.5. The first-order valence-electron chi connectivity index (χ1n) is 8.02. The number of carbonyl (C=O) groups excluding carboxylic acids is 1. The van der Waals surface area contributed by atoms with Gasteiger partial charge in [-0.3, -0.25) is 4.79 Å². The van der Waals surface area contributed by atoms with E-state index in [1.54, 1.807) is 44.2 Å². The lowest BCUT2D eigenvalue weighted by Crippen LogP contribution is -2.02. The van der Waals surface area contributed by atoms with Crippen LogP contribution in [0.3, 0.4) is 0 Å². The van der Waals surface area contributed by atoms with Gasteiger partial charge in [-0.1, -0.05) is 37.6 Å². The molecular weight excluding hydrogens is 298 g/mol.